The lowest BCUT2D eigenvalue weighted by Crippen LogP contribution is -2.46. The van der Waals surface area contributed by atoms with Crippen molar-refractivity contribution in [1.82, 2.24) is 4.90 Å². The zero-order valence-corrected chi connectivity index (χ0v) is 9.42. The van der Waals surface area contributed by atoms with Crippen molar-refractivity contribution in [3.63, 3.8) is 0 Å². The van der Waals surface area contributed by atoms with Crippen LogP contribution in [0.5, 0.6) is 0 Å². The summed E-state index contributed by atoms with van der Waals surface area (Å²) in [6.07, 6.45) is 0. The van der Waals surface area contributed by atoms with E-state index in [0.717, 1.165) is 11.4 Å². The lowest BCUT2D eigenvalue weighted by atomic mass is 10.1. The number of hydrogen-bond donors (Lipinski definition) is 0. The third-order valence-corrected chi connectivity index (χ3v) is 3.02. The molecule has 1 aliphatic heterocycles. The van der Waals surface area contributed by atoms with E-state index in [-0.39, 0.29) is 0 Å². The number of alkyl halides is 1. The fourth-order valence-corrected chi connectivity index (χ4v) is 2.41. The van der Waals surface area contributed by atoms with Crippen molar-refractivity contribution in [3.8, 4) is 0 Å². The lowest BCUT2D eigenvalue weighted by molar-refractivity contribution is 0.185. The molecule has 1 heterocycles. The van der Waals surface area contributed by atoms with Crippen molar-refractivity contribution < 1.29 is 0 Å². The minimum Gasteiger partial charge on any atom is -0.297 e. The van der Waals surface area contributed by atoms with Gasteiger partial charge in [0.05, 0.1) is 0 Å². The Bertz CT molecular complexity index is 275. The highest BCUT2D eigenvalue weighted by Crippen LogP contribution is 2.18. The maximum Gasteiger partial charge on any atom is 0.0400 e. The Morgan fingerprint density at radius 3 is 2.46 bits per heavy atom. The molecule has 2 heteroatoms. The Balaban J connectivity index is 1.91. The summed E-state index contributed by atoms with van der Waals surface area (Å²) in [5, 5.41) is 0. The number of likely N-dealkylation sites (tertiary alicyclic amines) is 1. The molecule has 0 atom stereocenters. The number of benzene rings is 1. The number of nitrogens with zero attached hydrogens (tertiary/aromatic N) is 1. The maximum atomic E-state index is 3.58. The van der Waals surface area contributed by atoms with Gasteiger partial charge in [0.15, 0.2) is 0 Å². The molecule has 0 unspecified atom stereocenters. The number of rotatable bonds is 2. The highest BCUT2D eigenvalue weighted by molar-refractivity contribution is 9.09. The van der Waals surface area contributed by atoms with Gasteiger partial charge in [0.25, 0.3) is 0 Å². The highest BCUT2D eigenvalue weighted by Gasteiger charge is 2.23. The molecule has 1 saturated heterocycles. The van der Waals surface area contributed by atoms with E-state index >= 15 is 0 Å². The average molecular weight is 240 g/mol. The molecule has 1 fully saturated rings. The molecule has 0 spiro atoms. The smallest absolute Gasteiger partial charge is 0.0400 e. The number of hydrogen-bond acceptors (Lipinski definition) is 1. The first-order valence-electron chi connectivity index (χ1n) is 4.66. The average Bonchev–Trinajstić information content (AvgIpc) is 2.06. The largest absolute Gasteiger partial charge is 0.297 e. The van der Waals surface area contributed by atoms with Crippen molar-refractivity contribution in [2.45, 2.75) is 18.3 Å². The fraction of sp³-hybridized carbons (Fsp3) is 0.455. The number of aryl methyl sites for hydroxylation is 1. The summed E-state index contributed by atoms with van der Waals surface area (Å²) < 4.78 is 0. The molecule has 0 N–H and O–H groups in total. The molecule has 0 amide bonds. The summed E-state index contributed by atoms with van der Waals surface area (Å²) in [6, 6.07) is 8.80. The van der Waals surface area contributed by atoms with Gasteiger partial charge in [0.1, 0.15) is 0 Å². The van der Waals surface area contributed by atoms with Gasteiger partial charge in [-0.15, -0.1) is 0 Å². The van der Waals surface area contributed by atoms with Gasteiger partial charge >= 0.3 is 0 Å². The zero-order chi connectivity index (χ0) is 9.26. The summed E-state index contributed by atoms with van der Waals surface area (Å²) in [5.41, 5.74) is 2.76. The molecule has 1 aromatic carbocycles. The predicted molar refractivity (Wildman–Crippen MR) is 59.2 cm³/mol. The van der Waals surface area contributed by atoms with Crippen molar-refractivity contribution in [2.75, 3.05) is 13.1 Å². The predicted octanol–water partition coefficient (Wildman–Crippen LogP) is 2.57. The van der Waals surface area contributed by atoms with E-state index in [0.29, 0.717) is 0 Å². The van der Waals surface area contributed by atoms with Gasteiger partial charge in [0.2, 0.25) is 0 Å². The highest BCUT2D eigenvalue weighted by atomic mass is 79.9. The van der Waals surface area contributed by atoms with E-state index in [1.807, 2.05) is 0 Å². The molecule has 1 aromatic rings. The van der Waals surface area contributed by atoms with Gasteiger partial charge in [0, 0.05) is 24.5 Å². The topological polar surface area (TPSA) is 3.24 Å². The number of halogens is 1. The molecule has 0 saturated carbocycles. The molecular formula is C11H14BrN. The van der Waals surface area contributed by atoms with E-state index in [1.165, 1.54) is 24.2 Å². The maximum absolute atomic E-state index is 3.58. The van der Waals surface area contributed by atoms with E-state index in [1.54, 1.807) is 0 Å². The molecule has 0 aliphatic carbocycles. The van der Waals surface area contributed by atoms with Gasteiger partial charge in [-0.3, -0.25) is 4.90 Å². The first-order chi connectivity index (χ1) is 6.24. The molecule has 2 rings (SSSR count). The second kappa shape index (κ2) is 3.81. The van der Waals surface area contributed by atoms with Crippen LogP contribution in [-0.2, 0) is 6.54 Å². The van der Waals surface area contributed by atoms with Crippen LogP contribution in [0.1, 0.15) is 11.1 Å². The SMILES string of the molecule is Cc1ccc(CN2CC(Br)C2)cc1. The Labute approximate surface area is 87.9 Å². The van der Waals surface area contributed by atoms with Crippen LogP contribution in [-0.4, -0.2) is 22.8 Å². The van der Waals surface area contributed by atoms with E-state index in [4.69, 9.17) is 0 Å². The summed E-state index contributed by atoms with van der Waals surface area (Å²) in [7, 11) is 0. The van der Waals surface area contributed by atoms with Crippen LogP contribution in [0, 0.1) is 6.92 Å². The summed E-state index contributed by atoms with van der Waals surface area (Å²) >= 11 is 3.58. The molecule has 1 aliphatic rings. The summed E-state index contributed by atoms with van der Waals surface area (Å²) in [5.74, 6) is 0. The molecular weight excluding hydrogens is 226 g/mol. The molecule has 1 nitrogen and oxygen atoms in total. The normalized spacial score (nSPS) is 18.6. The Hall–Kier alpha value is -0.340. The Morgan fingerprint density at radius 2 is 1.92 bits per heavy atom. The zero-order valence-electron chi connectivity index (χ0n) is 7.83. The van der Waals surface area contributed by atoms with Gasteiger partial charge in [-0.25, -0.2) is 0 Å². The van der Waals surface area contributed by atoms with Crippen LogP contribution in [0.4, 0.5) is 0 Å². The van der Waals surface area contributed by atoms with E-state index in [2.05, 4.69) is 52.0 Å². The molecule has 70 valence electrons. The van der Waals surface area contributed by atoms with Crippen LogP contribution in [0.25, 0.3) is 0 Å². The third-order valence-electron chi connectivity index (χ3n) is 2.44. The monoisotopic (exact) mass is 239 g/mol. The van der Waals surface area contributed by atoms with Crippen LogP contribution in [0.15, 0.2) is 24.3 Å². The molecule has 13 heavy (non-hydrogen) atoms. The van der Waals surface area contributed by atoms with Gasteiger partial charge in [-0.1, -0.05) is 45.8 Å². The van der Waals surface area contributed by atoms with Gasteiger partial charge in [-0.05, 0) is 12.5 Å². The minimum absolute atomic E-state index is 0.720. The van der Waals surface area contributed by atoms with Crippen LogP contribution in [0.3, 0.4) is 0 Å². The third kappa shape index (κ3) is 2.32. The standard InChI is InChI=1S/C11H14BrN/c1-9-2-4-10(5-3-9)6-13-7-11(12)8-13/h2-5,11H,6-8H2,1H3. The fourth-order valence-electron chi connectivity index (χ4n) is 1.59. The molecule has 0 aromatic heterocycles. The minimum atomic E-state index is 0.720. The Kier molecular flexibility index (Phi) is 2.70. The van der Waals surface area contributed by atoms with Gasteiger partial charge < -0.3 is 0 Å². The van der Waals surface area contributed by atoms with Gasteiger partial charge in [-0.2, -0.15) is 0 Å². The Morgan fingerprint density at radius 1 is 1.31 bits per heavy atom. The van der Waals surface area contributed by atoms with E-state index in [9.17, 15) is 0 Å². The van der Waals surface area contributed by atoms with E-state index < -0.39 is 0 Å². The van der Waals surface area contributed by atoms with Crippen molar-refractivity contribution in [1.29, 1.82) is 0 Å². The van der Waals surface area contributed by atoms with Crippen LogP contribution >= 0.6 is 15.9 Å². The molecule has 0 bridgehead atoms. The molecule has 0 radical (unpaired) electrons. The van der Waals surface area contributed by atoms with Crippen LogP contribution in [0.2, 0.25) is 0 Å². The lowest BCUT2D eigenvalue weighted by Gasteiger charge is -2.35. The quantitative estimate of drug-likeness (QED) is 0.718. The second-order valence-electron chi connectivity index (χ2n) is 3.78. The second-order valence-corrected chi connectivity index (χ2v) is 5.07. The van der Waals surface area contributed by atoms with Crippen molar-refractivity contribution >= 4 is 15.9 Å². The first kappa shape index (κ1) is 9.22. The van der Waals surface area contributed by atoms with Crippen molar-refractivity contribution in [3.05, 3.63) is 35.4 Å². The van der Waals surface area contributed by atoms with Crippen LogP contribution < -0.4 is 0 Å². The van der Waals surface area contributed by atoms with Crippen molar-refractivity contribution in [2.24, 2.45) is 0 Å². The summed E-state index contributed by atoms with van der Waals surface area (Å²) in [4.78, 5) is 3.17. The first-order valence-corrected chi connectivity index (χ1v) is 5.57. The summed E-state index contributed by atoms with van der Waals surface area (Å²) in [6.45, 7) is 5.60.